The molecule has 0 amide bonds. The van der Waals surface area contributed by atoms with Crippen LogP contribution in [0.15, 0.2) is 206 Å². The molecule has 2 heterocycles. The van der Waals surface area contributed by atoms with Crippen molar-refractivity contribution in [2.45, 2.75) is 0 Å². The zero-order valence-electron chi connectivity index (χ0n) is 31.4. The minimum atomic E-state index is 0.638. The number of hydrogen-bond acceptors (Lipinski definition) is 5. The van der Waals surface area contributed by atoms with Crippen molar-refractivity contribution in [1.82, 2.24) is 24.9 Å². The summed E-state index contributed by atoms with van der Waals surface area (Å²) in [6.07, 6.45) is 0. The van der Waals surface area contributed by atoms with E-state index in [4.69, 9.17) is 24.9 Å². The van der Waals surface area contributed by atoms with E-state index in [2.05, 4.69) is 102 Å². The van der Waals surface area contributed by atoms with Crippen molar-refractivity contribution < 1.29 is 4.98 Å². The quantitative estimate of drug-likeness (QED) is 0.155. The van der Waals surface area contributed by atoms with E-state index in [9.17, 15) is 0 Å². The number of hydrogen-bond donors (Lipinski definition) is 0. The van der Waals surface area contributed by atoms with Gasteiger partial charge in [-0.05, 0) is 81.6 Å². The zero-order valence-corrected chi connectivity index (χ0v) is 31.4. The molecule has 58 heavy (non-hydrogen) atoms. The Kier molecular flexibility index (Phi) is 9.10. The smallest absolute Gasteiger partial charge is 0.240 e. The van der Waals surface area contributed by atoms with E-state index in [1.54, 1.807) is 0 Å². The Labute approximate surface area is 336 Å². The third kappa shape index (κ3) is 7.14. The summed E-state index contributed by atoms with van der Waals surface area (Å²) < 4.78 is 0. The lowest BCUT2D eigenvalue weighted by Crippen LogP contribution is -2.16. The monoisotopic (exact) mass is 743 g/mol. The lowest BCUT2D eigenvalue weighted by atomic mass is 9.96. The van der Waals surface area contributed by atoms with E-state index in [-0.39, 0.29) is 0 Å². The van der Waals surface area contributed by atoms with Crippen LogP contribution in [0.1, 0.15) is 0 Å². The molecule has 8 aromatic carbocycles. The molecule has 10 rings (SSSR count). The second-order valence-electron chi connectivity index (χ2n) is 14.1. The maximum atomic E-state index is 4.96. The molecule has 0 aliphatic carbocycles. The lowest BCUT2D eigenvalue weighted by molar-refractivity contribution is -0.359. The number of aromatic amines is 1. The van der Waals surface area contributed by atoms with Crippen LogP contribution in [0.4, 0.5) is 0 Å². The Morgan fingerprint density at radius 3 is 0.931 bits per heavy atom. The van der Waals surface area contributed by atoms with Gasteiger partial charge in [0.15, 0.2) is 17.5 Å². The van der Waals surface area contributed by atoms with Gasteiger partial charge in [-0.2, -0.15) is 0 Å². The van der Waals surface area contributed by atoms with Crippen LogP contribution in [0.5, 0.6) is 0 Å². The number of benzene rings is 8. The van der Waals surface area contributed by atoms with Crippen LogP contribution in [0.2, 0.25) is 0 Å². The standard InChI is InChI=1S/C52H34N6/c1-5-13-38(14-6-1)47-53-48(39-15-7-2-8-16-39)56-51(55-47)42-27-21-35(22-28-42)44-31-25-37-26-32-45(34-46(37)33-44)36-23-29-43(30-24-36)52-57-49(40-17-9-3-10-18-40)54-50(58-52)41-19-11-4-12-20-41/h1-34H/p+1. The number of H-pyrrole nitrogens is 1. The zero-order chi connectivity index (χ0) is 38.7. The van der Waals surface area contributed by atoms with Gasteiger partial charge in [-0.3, -0.25) is 0 Å². The Morgan fingerprint density at radius 1 is 0.224 bits per heavy atom. The van der Waals surface area contributed by atoms with Crippen LogP contribution in [0, 0.1) is 0 Å². The average molecular weight is 744 g/mol. The van der Waals surface area contributed by atoms with Crippen molar-refractivity contribution in [2.24, 2.45) is 0 Å². The van der Waals surface area contributed by atoms with Crippen LogP contribution < -0.4 is 4.98 Å². The second kappa shape index (κ2) is 15.3. The van der Waals surface area contributed by atoms with Gasteiger partial charge in [-0.15, -0.1) is 0 Å². The molecule has 0 spiro atoms. The van der Waals surface area contributed by atoms with Gasteiger partial charge >= 0.3 is 5.82 Å². The van der Waals surface area contributed by atoms with Crippen molar-refractivity contribution in [3.05, 3.63) is 206 Å². The third-order valence-electron chi connectivity index (χ3n) is 10.3. The maximum absolute atomic E-state index is 4.96. The summed E-state index contributed by atoms with van der Waals surface area (Å²) in [5, 5.41) is 2.36. The highest BCUT2D eigenvalue weighted by Crippen LogP contribution is 2.32. The molecule has 0 aliphatic heterocycles. The van der Waals surface area contributed by atoms with Crippen molar-refractivity contribution in [3.8, 4) is 90.6 Å². The maximum Gasteiger partial charge on any atom is 0.308 e. The van der Waals surface area contributed by atoms with Gasteiger partial charge in [-0.1, -0.05) is 168 Å². The van der Waals surface area contributed by atoms with Gasteiger partial charge in [0.25, 0.3) is 11.6 Å². The SMILES string of the molecule is c1ccc(-c2nc(-c3ccccc3)nc(-c3ccc(-c4ccc5ccc(-c6ccc(-c7nc(-c8ccccc8)nc(-c8ccccc8)[nH+]7)cc6)cc5c4)cc3)n2)cc1. The van der Waals surface area contributed by atoms with Gasteiger partial charge in [0.05, 0.1) is 16.7 Å². The number of fused-ring (bicyclic) bond motifs is 1. The molecule has 2 aromatic heterocycles. The largest absolute Gasteiger partial charge is 0.308 e. The minimum Gasteiger partial charge on any atom is -0.240 e. The molecule has 0 unspecified atom stereocenters. The first-order valence-corrected chi connectivity index (χ1v) is 19.2. The molecule has 1 N–H and O–H groups in total. The third-order valence-corrected chi connectivity index (χ3v) is 10.3. The molecule has 6 heteroatoms. The molecule has 6 nitrogen and oxygen atoms in total. The summed E-state index contributed by atoms with van der Waals surface area (Å²) in [5.74, 6) is 4.15. The van der Waals surface area contributed by atoms with E-state index in [1.807, 2.05) is 109 Å². The normalized spacial score (nSPS) is 11.1. The molecular formula is C52H35N6+. The fourth-order valence-corrected chi connectivity index (χ4v) is 7.17. The Bertz CT molecular complexity index is 2690. The summed E-state index contributed by atoms with van der Waals surface area (Å²) >= 11 is 0. The van der Waals surface area contributed by atoms with Gasteiger partial charge in [0, 0.05) is 16.7 Å². The predicted molar refractivity (Wildman–Crippen MR) is 233 cm³/mol. The number of nitrogens with one attached hydrogen (secondary N) is 1. The first-order chi connectivity index (χ1) is 28.7. The summed E-state index contributed by atoms with van der Waals surface area (Å²) in [5.41, 5.74) is 10.3. The number of rotatable bonds is 8. The van der Waals surface area contributed by atoms with E-state index >= 15 is 0 Å². The first kappa shape index (κ1) is 34.5. The van der Waals surface area contributed by atoms with Gasteiger partial charge in [-0.25, -0.2) is 19.9 Å². The second-order valence-corrected chi connectivity index (χ2v) is 14.1. The molecule has 0 aliphatic rings. The Balaban J connectivity index is 0.941. The summed E-state index contributed by atoms with van der Waals surface area (Å²) in [6.45, 7) is 0. The van der Waals surface area contributed by atoms with Crippen LogP contribution in [-0.4, -0.2) is 24.9 Å². The minimum absolute atomic E-state index is 0.638. The Morgan fingerprint density at radius 2 is 0.517 bits per heavy atom. The van der Waals surface area contributed by atoms with Gasteiger partial charge < -0.3 is 0 Å². The van der Waals surface area contributed by atoms with E-state index < -0.39 is 0 Å². The van der Waals surface area contributed by atoms with Crippen molar-refractivity contribution >= 4 is 10.8 Å². The molecule has 0 fully saturated rings. The fourth-order valence-electron chi connectivity index (χ4n) is 7.17. The summed E-state index contributed by atoms with van der Waals surface area (Å²) in [7, 11) is 0. The fraction of sp³-hybridized carbons (Fsp3) is 0. The molecule has 0 bridgehead atoms. The highest BCUT2D eigenvalue weighted by atomic mass is 15.0. The van der Waals surface area contributed by atoms with Crippen LogP contribution in [0.3, 0.4) is 0 Å². The van der Waals surface area contributed by atoms with E-state index in [0.717, 1.165) is 67.3 Å². The average Bonchev–Trinajstić information content (AvgIpc) is 3.32. The van der Waals surface area contributed by atoms with Gasteiger partial charge in [0.2, 0.25) is 0 Å². The van der Waals surface area contributed by atoms with Crippen molar-refractivity contribution in [2.75, 3.05) is 0 Å². The number of aromatic nitrogens is 6. The summed E-state index contributed by atoms with van der Waals surface area (Å²) in [6, 6.07) is 70.7. The summed E-state index contributed by atoms with van der Waals surface area (Å²) in [4.78, 5) is 28.0. The Hall–Kier alpha value is -7.96. The topological polar surface area (TPSA) is 78.6 Å². The molecule has 0 saturated carbocycles. The van der Waals surface area contributed by atoms with Crippen LogP contribution in [-0.2, 0) is 0 Å². The molecule has 10 aromatic rings. The van der Waals surface area contributed by atoms with Crippen LogP contribution in [0.25, 0.3) is 101 Å². The highest BCUT2D eigenvalue weighted by molar-refractivity contribution is 5.91. The number of nitrogens with zero attached hydrogens (tertiary/aromatic N) is 5. The van der Waals surface area contributed by atoms with Gasteiger partial charge in [0.1, 0.15) is 0 Å². The molecular weight excluding hydrogens is 709 g/mol. The highest BCUT2D eigenvalue weighted by Gasteiger charge is 2.20. The predicted octanol–water partition coefficient (Wildman–Crippen LogP) is 12.0. The van der Waals surface area contributed by atoms with E-state index in [0.29, 0.717) is 23.3 Å². The molecule has 0 saturated heterocycles. The molecule has 0 atom stereocenters. The molecule has 0 radical (unpaired) electrons. The molecule has 272 valence electrons. The van der Waals surface area contributed by atoms with Crippen molar-refractivity contribution in [1.29, 1.82) is 0 Å². The lowest BCUT2D eigenvalue weighted by Gasteiger charge is -2.10. The first-order valence-electron chi connectivity index (χ1n) is 19.2. The van der Waals surface area contributed by atoms with Crippen LogP contribution >= 0.6 is 0 Å². The van der Waals surface area contributed by atoms with E-state index in [1.165, 1.54) is 10.8 Å². The van der Waals surface area contributed by atoms with Crippen molar-refractivity contribution in [3.63, 3.8) is 0 Å².